The fourth-order valence-corrected chi connectivity index (χ4v) is 5.29. The third kappa shape index (κ3) is 3.52. The molecule has 2 aliphatic heterocycles. The lowest BCUT2D eigenvalue weighted by atomic mass is 10.1. The van der Waals surface area contributed by atoms with Gasteiger partial charge in [-0.1, -0.05) is 30.3 Å². The van der Waals surface area contributed by atoms with Crippen molar-refractivity contribution in [2.75, 3.05) is 37.6 Å². The van der Waals surface area contributed by atoms with Gasteiger partial charge in [0.15, 0.2) is 0 Å². The van der Waals surface area contributed by atoms with Gasteiger partial charge in [0.25, 0.3) is 0 Å². The highest BCUT2D eigenvalue weighted by Crippen LogP contribution is 2.30. The summed E-state index contributed by atoms with van der Waals surface area (Å²) < 4.78 is 26.6. The lowest BCUT2D eigenvalue weighted by Crippen LogP contribution is -2.50. The Morgan fingerprint density at radius 2 is 1.64 bits per heavy atom. The number of benzene rings is 2. The molecule has 0 aromatic heterocycles. The number of nitrogens with zero attached hydrogens (tertiary/aromatic N) is 3. The molecule has 2 atom stereocenters. The minimum Gasteiger partial charge on any atom is -0.368 e. The summed E-state index contributed by atoms with van der Waals surface area (Å²) >= 11 is 0. The largest absolute Gasteiger partial charge is 0.368 e. The fourth-order valence-electron chi connectivity index (χ4n) is 3.76. The summed E-state index contributed by atoms with van der Waals surface area (Å²) in [7, 11) is -3.59. The Hall–Kier alpha value is -2.38. The van der Waals surface area contributed by atoms with Crippen LogP contribution in [0, 0.1) is 13.8 Å². The summed E-state index contributed by atoms with van der Waals surface area (Å²) in [5, 5.41) is 0. The minimum atomic E-state index is -3.59. The second-order valence-corrected chi connectivity index (χ2v) is 9.40. The molecule has 2 aromatic rings. The molecule has 2 saturated heterocycles. The Kier molecular flexibility index (Phi) is 4.89. The van der Waals surface area contributed by atoms with E-state index in [1.165, 1.54) is 21.1 Å². The monoisotopic (exact) mass is 399 g/mol. The SMILES string of the molecule is Cc1ccc(C)c(N2CCN(C(=O)[C@@H]3CN3S(=O)(=O)c3ccccc3)CC2)c1. The Morgan fingerprint density at radius 3 is 2.32 bits per heavy atom. The number of carbonyl (C=O) groups is 1. The lowest BCUT2D eigenvalue weighted by Gasteiger charge is -2.37. The highest BCUT2D eigenvalue weighted by molar-refractivity contribution is 7.89. The third-order valence-corrected chi connectivity index (χ3v) is 7.39. The van der Waals surface area contributed by atoms with Crippen LogP contribution in [0.5, 0.6) is 0 Å². The number of amides is 1. The molecule has 2 aromatic carbocycles. The smallest absolute Gasteiger partial charge is 0.243 e. The van der Waals surface area contributed by atoms with Crippen LogP contribution in [0.1, 0.15) is 11.1 Å². The number of sulfonamides is 1. The molecule has 4 rings (SSSR count). The van der Waals surface area contributed by atoms with Gasteiger partial charge < -0.3 is 9.80 Å². The van der Waals surface area contributed by atoms with E-state index in [1.54, 1.807) is 35.2 Å². The number of hydrogen-bond acceptors (Lipinski definition) is 4. The molecule has 1 amide bonds. The van der Waals surface area contributed by atoms with Crippen LogP contribution in [0.15, 0.2) is 53.4 Å². The fraction of sp³-hybridized carbons (Fsp3) is 0.381. The lowest BCUT2D eigenvalue weighted by molar-refractivity contribution is -0.131. The molecule has 0 spiro atoms. The van der Waals surface area contributed by atoms with E-state index in [2.05, 4.69) is 36.9 Å². The second kappa shape index (κ2) is 7.22. The first-order valence-electron chi connectivity index (χ1n) is 9.56. The Morgan fingerprint density at radius 1 is 0.964 bits per heavy atom. The predicted molar refractivity (Wildman–Crippen MR) is 109 cm³/mol. The van der Waals surface area contributed by atoms with E-state index in [-0.39, 0.29) is 17.3 Å². The molecule has 0 bridgehead atoms. The second-order valence-electron chi connectivity index (χ2n) is 7.51. The maximum Gasteiger partial charge on any atom is 0.243 e. The Balaban J connectivity index is 1.38. The molecular weight excluding hydrogens is 374 g/mol. The number of anilines is 1. The number of carbonyl (C=O) groups excluding carboxylic acids is 1. The van der Waals surface area contributed by atoms with E-state index in [0.29, 0.717) is 13.1 Å². The number of rotatable bonds is 4. The molecule has 2 aliphatic rings. The zero-order chi connectivity index (χ0) is 19.9. The van der Waals surface area contributed by atoms with Crippen LogP contribution in [0.4, 0.5) is 5.69 Å². The first-order chi connectivity index (χ1) is 13.4. The van der Waals surface area contributed by atoms with Gasteiger partial charge >= 0.3 is 0 Å². The molecule has 0 aliphatic carbocycles. The zero-order valence-corrected chi connectivity index (χ0v) is 17.0. The van der Waals surface area contributed by atoms with Gasteiger partial charge in [0, 0.05) is 38.4 Å². The topological polar surface area (TPSA) is 60.7 Å². The molecule has 2 heterocycles. The van der Waals surface area contributed by atoms with E-state index < -0.39 is 16.1 Å². The van der Waals surface area contributed by atoms with Gasteiger partial charge in [-0.15, -0.1) is 0 Å². The van der Waals surface area contributed by atoms with Gasteiger partial charge in [-0.2, -0.15) is 4.31 Å². The van der Waals surface area contributed by atoms with Crippen LogP contribution in [-0.4, -0.2) is 62.3 Å². The zero-order valence-electron chi connectivity index (χ0n) is 16.2. The van der Waals surface area contributed by atoms with E-state index in [0.717, 1.165) is 13.1 Å². The Bertz CT molecular complexity index is 983. The van der Waals surface area contributed by atoms with Crippen LogP contribution >= 0.6 is 0 Å². The van der Waals surface area contributed by atoms with E-state index >= 15 is 0 Å². The summed E-state index contributed by atoms with van der Waals surface area (Å²) in [6, 6.07) is 14.2. The summed E-state index contributed by atoms with van der Waals surface area (Å²) in [6.07, 6.45) is 0. The van der Waals surface area contributed by atoms with Gasteiger partial charge in [0.1, 0.15) is 6.04 Å². The third-order valence-electron chi connectivity index (χ3n) is 5.50. The van der Waals surface area contributed by atoms with Crippen LogP contribution in [0.25, 0.3) is 0 Å². The van der Waals surface area contributed by atoms with Crippen molar-refractivity contribution in [1.29, 1.82) is 0 Å². The van der Waals surface area contributed by atoms with Crippen LogP contribution in [0.2, 0.25) is 0 Å². The van der Waals surface area contributed by atoms with Crippen molar-refractivity contribution >= 4 is 21.6 Å². The number of hydrogen-bond donors (Lipinski definition) is 0. The molecule has 0 saturated carbocycles. The maximum absolute atomic E-state index is 12.8. The molecule has 0 N–H and O–H groups in total. The first-order valence-corrected chi connectivity index (χ1v) is 11.0. The molecule has 28 heavy (non-hydrogen) atoms. The van der Waals surface area contributed by atoms with Crippen molar-refractivity contribution in [3.05, 3.63) is 59.7 Å². The van der Waals surface area contributed by atoms with Crippen molar-refractivity contribution in [2.24, 2.45) is 0 Å². The Labute approximate surface area is 166 Å². The maximum atomic E-state index is 12.8. The normalized spacial score (nSPS) is 22.2. The predicted octanol–water partition coefficient (Wildman–Crippen LogP) is 2.03. The summed E-state index contributed by atoms with van der Waals surface area (Å²) in [6.45, 7) is 7.19. The van der Waals surface area contributed by atoms with Gasteiger partial charge in [0.2, 0.25) is 15.9 Å². The molecule has 2 fully saturated rings. The highest BCUT2D eigenvalue weighted by Gasteiger charge is 2.50. The van der Waals surface area contributed by atoms with Gasteiger partial charge in [-0.05, 0) is 43.2 Å². The van der Waals surface area contributed by atoms with Crippen LogP contribution < -0.4 is 4.90 Å². The van der Waals surface area contributed by atoms with Crippen molar-refractivity contribution < 1.29 is 13.2 Å². The van der Waals surface area contributed by atoms with Crippen molar-refractivity contribution in [1.82, 2.24) is 9.21 Å². The summed E-state index contributed by atoms with van der Waals surface area (Å²) in [4.78, 5) is 17.2. The van der Waals surface area contributed by atoms with Crippen LogP contribution in [-0.2, 0) is 14.8 Å². The van der Waals surface area contributed by atoms with Crippen molar-refractivity contribution in [3.8, 4) is 0 Å². The standard InChI is InChI=1S/C21H25N3O3S/c1-16-8-9-17(2)19(14-16)22-10-12-23(13-11-22)21(25)20-15-24(20)28(26,27)18-6-4-3-5-7-18/h3-9,14,20H,10-13,15H2,1-2H3/t20-,24?/m0/s1. The number of piperazine rings is 1. The average Bonchev–Trinajstić information content (AvgIpc) is 3.52. The van der Waals surface area contributed by atoms with Gasteiger partial charge in [-0.25, -0.2) is 8.42 Å². The highest BCUT2D eigenvalue weighted by atomic mass is 32.2. The molecule has 1 unspecified atom stereocenters. The summed E-state index contributed by atoms with van der Waals surface area (Å²) in [5.41, 5.74) is 3.67. The quantitative estimate of drug-likeness (QED) is 0.738. The molecule has 148 valence electrons. The minimum absolute atomic E-state index is 0.0832. The van der Waals surface area contributed by atoms with Crippen LogP contribution in [0.3, 0.4) is 0 Å². The molecule has 0 radical (unpaired) electrons. The van der Waals surface area contributed by atoms with Crippen molar-refractivity contribution in [3.63, 3.8) is 0 Å². The van der Waals surface area contributed by atoms with E-state index in [1.807, 2.05) is 0 Å². The van der Waals surface area contributed by atoms with Crippen molar-refractivity contribution in [2.45, 2.75) is 24.8 Å². The van der Waals surface area contributed by atoms with E-state index in [9.17, 15) is 13.2 Å². The van der Waals surface area contributed by atoms with Gasteiger partial charge in [-0.3, -0.25) is 4.79 Å². The molecule has 6 nitrogen and oxygen atoms in total. The van der Waals surface area contributed by atoms with Gasteiger partial charge in [0.05, 0.1) is 4.90 Å². The van der Waals surface area contributed by atoms with E-state index in [4.69, 9.17) is 0 Å². The first kappa shape index (κ1) is 19.0. The molecule has 7 heteroatoms. The molecular formula is C21H25N3O3S. The number of aryl methyl sites for hydroxylation is 2. The average molecular weight is 400 g/mol. The summed E-state index contributed by atoms with van der Waals surface area (Å²) in [5.74, 6) is -0.0832.